The number of rotatable bonds is 4. The van der Waals surface area contributed by atoms with Crippen LogP contribution in [0.25, 0.3) is 0 Å². The molecule has 0 bridgehead atoms. The van der Waals surface area contributed by atoms with Crippen LogP contribution in [0.15, 0.2) is 27.6 Å². The molecule has 1 aliphatic heterocycles. The molecule has 0 saturated carbocycles. The fraction of sp³-hybridized carbons (Fsp3) is 0.462. The molecule has 1 aliphatic rings. The van der Waals surface area contributed by atoms with Gasteiger partial charge in [-0.1, -0.05) is 0 Å². The highest BCUT2D eigenvalue weighted by atomic mass is 79.9. The Hall–Kier alpha value is -0.960. The third-order valence-electron chi connectivity index (χ3n) is 3.29. The van der Waals surface area contributed by atoms with Crippen molar-refractivity contribution in [1.82, 2.24) is 4.72 Å². The lowest BCUT2D eigenvalue weighted by molar-refractivity contribution is 0.0386. The number of carbonyl (C=O) groups is 1. The molecule has 1 atom stereocenters. The zero-order valence-corrected chi connectivity index (χ0v) is 13.8. The average molecular weight is 378 g/mol. The average Bonchev–Trinajstić information content (AvgIpc) is 2.38. The second-order valence-corrected chi connectivity index (χ2v) is 7.78. The van der Waals surface area contributed by atoms with Gasteiger partial charge in [0.2, 0.25) is 10.0 Å². The Morgan fingerprint density at radius 1 is 1.48 bits per heavy atom. The van der Waals surface area contributed by atoms with Crippen molar-refractivity contribution in [2.45, 2.75) is 30.2 Å². The van der Waals surface area contributed by atoms with Gasteiger partial charge in [0.25, 0.3) is 0 Å². The maximum atomic E-state index is 12.5. The van der Waals surface area contributed by atoms with Crippen LogP contribution in [0.2, 0.25) is 0 Å². The molecule has 116 valence electrons. The number of aromatic carboxylic acids is 1. The summed E-state index contributed by atoms with van der Waals surface area (Å²) in [5.41, 5.74) is -0.765. The van der Waals surface area contributed by atoms with Crippen molar-refractivity contribution in [3.05, 3.63) is 28.2 Å². The van der Waals surface area contributed by atoms with Gasteiger partial charge in [-0.3, -0.25) is 0 Å². The maximum absolute atomic E-state index is 12.5. The van der Waals surface area contributed by atoms with Crippen molar-refractivity contribution in [2.24, 2.45) is 0 Å². The standard InChI is InChI=1S/C13H16BrNO5S/c1-13(5-2-6-20-8-13)15-21(18,19)11-7-9(12(16)17)3-4-10(11)14/h3-4,7,15H,2,5-6,8H2,1H3,(H,16,17). The summed E-state index contributed by atoms with van der Waals surface area (Å²) in [4.78, 5) is 10.9. The monoisotopic (exact) mass is 377 g/mol. The van der Waals surface area contributed by atoms with Gasteiger partial charge in [-0.15, -0.1) is 0 Å². The summed E-state index contributed by atoms with van der Waals surface area (Å²) in [5, 5.41) is 8.99. The number of carboxylic acid groups (broad SMARTS) is 1. The number of nitrogens with one attached hydrogen (secondary N) is 1. The molecule has 0 spiro atoms. The molecule has 8 heteroatoms. The zero-order valence-electron chi connectivity index (χ0n) is 11.4. The Labute approximate surface area is 131 Å². The molecule has 2 rings (SSSR count). The zero-order chi connectivity index (χ0) is 15.7. The minimum atomic E-state index is -3.85. The molecule has 6 nitrogen and oxygen atoms in total. The van der Waals surface area contributed by atoms with Gasteiger partial charge >= 0.3 is 5.97 Å². The molecule has 1 unspecified atom stereocenters. The summed E-state index contributed by atoms with van der Waals surface area (Å²) >= 11 is 3.15. The number of hydrogen-bond donors (Lipinski definition) is 2. The summed E-state index contributed by atoms with van der Waals surface area (Å²) < 4.78 is 33.3. The third kappa shape index (κ3) is 3.82. The first-order valence-corrected chi connectivity index (χ1v) is 8.66. The highest BCUT2D eigenvalue weighted by molar-refractivity contribution is 9.10. The van der Waals surface area contributed by atoms with E-state index in [1.165, 1.54) is 12.1 Å². The Bertz CT molecular complexity index is 653. The van der Waals surface area contributed by atoms with Crippen LogP contribution in [-0.4, -0.2) is 38.2 Å². The predicted molar refractivity (Wildman–Crippen MR) is 79.9 cm³/mol. The highest BCUT2D eigenvalue weighted by Gasteiger charge is 2.33. The first kappa shape index (κ1) is 16.4. The van der Waals surface area contributed by atoms with Crippen molar-refractivity contribution in [3.8, 4) is 0 Å². The van der Waals surface area contributed by atoms with E-state index in [0.717, 1.165) is 12.5 Å². The number of benzene rings is 1. The van der Waals surface area contributed by atoms with Crippen LogP contribution in [0.1, 0.15) is 30.1 Å². The number of sulfonamides is 1. The molecule has 0 aliphatic carbocycles. The first-order chi connectivity index (χ1) is 9.73. The van der Waals surface area contributed by atoms with E-state index in [0.29, 0.717) is 24.1 Å². The molecule has 1 aromatic carbocycles. The topological polar surface area (TPSA) is 92.7 Å². The van der Waals surface area contributed by atoms with E-state index in [9.17, 15) is 13.2 Å². The minimum Gasteiger partial charge on any atom is -0.478 e. The molecule has 21 heavy (non-hydrogen) atoms. The lowest BCUT2D eigenvalue weighted by Crippen LogP contribution is -2.51. The molecule has 2 N–H and O–H groups in total. The van der Waals surface area contributed by atoms with E-state index in [1.807, 2.05) is 0 Å². The second-order valence-electron chi connectivity index (χ2n) is 5.27. The number of ether oxygens (including phenoxy) is 1. The number of hydrogen-bond acceptors (Lipinski definition) is 4. The molecule has 1 fully saturated rings. The fourth-order valence-electron chi connectivity index (χ4n) is 2.24. The van der Waals surface area contributed by atoms with Gasteiger partial charge in [-0.25, -0.2) is 17.9 Å². The predicted octanol–water partition coefficient (Wildman–Crippen LogP) is 1.99. The summed E-state index contributed by atoms with van der Waals surface area (Å²) in [6.45, 7) is 2.69. The van der Waals surface area contributed by atoms with E-state index in [1.54, 1.807) is 6.92 Å². The smallest absolute Gasteiger partial charge is 0.335 e. The number of halogens is 1. The van der Waals surface area contributed by atoms with Crippen molar-refractivity contribution in [1.29, 1.82) is 0 Å². The summed E-state index contributed by atoms with van der Waals surface area (Å²) in [6, 6.07) is 3.90. The van der Waals surface area contributed by atoms with Crippen LogP contribution in [0, 0.1) is 0 Å². The number of carboxylic acids is 1. The van der Waals surface area contributed by atoms with E-state index < -0.39 is 21.5 Å². The molecular formula is C13H16BrNO5S. The van der Waals surface area contributed by atoms with E-state index in [2.05, 4.69) is 20.7 Å². The van der Waals surface area contributed by atoms with Gasteiger partial charge < -0.3 is 9.84 Å². The molecule has 1 saturated heterocycles. The molecule has 1 aromatic rings. The van der Waals surface area contributed by atoms with Crippen LogP contribution in [-0.2, 0) is 14.8 Å². The summed E-state index contributed by atoms with van der Waals surface area (Å²) in [6.07, 6.45) is 1.44. The molecular weight excluding hydrogens is 362 g/mol. The van der Waals surface area contributed by atoms with Crippen LogP contribution in [0.3, 0.4) is 0 Å². The van der Waals surface area contributed by atoms with Crippen LogP contribution < -0.4 is 4.72 Å². The van der Waals surface area contributed by atoms with Crippen LogP contribution in [0.5, 0.6) is 0 Å². The lowest BCUT2D eigenvalue weighted by atomic mass is 9.97. The maximum Gasteiger partial charge on any atom is 0.335 e. The Balaban J connectivity index is 2.35. The quantitative estimate of drug-likeness (QED) is 0.836. The fourth-order valence-corrected chi connectivity index (χ4v) is 4.65. The Morgan fingerprint density at radius 3 is 2.76 bits per heavy atom. The third-order valence-corrected chi connectivity index (χ3v) is 5.92. The Morgan fingerprint density at radius 2 is 2.19 bits per heavy atom. The van der Waals surface area contributed by atoms with Crippen molar-refractivity contribution in [2.75, 3.05) is 13.2 Å². The van der Waals surface area contributed by atoms with Gasteiger partial charge in [-0.2, -0.15) is 0 Å². The van der Waals surface area contributed by atoms with E-state index in [-0.39, 0.29) is 10.5 Å². The van der Waals surface area contributed by atoms with Gasteiger partial charge in [0.05, 0.1) is 22.6 Å². The van der Waals surface area contributed by atoms with E-state index in [4.69, 9.17) is 9.84 Å². The molecule has 0 aromatic heterocycles. The van der Waals surface area contributed by atoms with Crippen molar-refractivity contribution < 1.29 is 23.1 Å². The van der Waals surface area contributed by atoms with Gasteiger partial charge in [0, 0.05) is 11.1 Å². The minimum absolute atomic E-state index is 0.0800. The summed E-state index contributed by atoms with van der Waals surface area (Å²) in [5.74, 6) is -1.17. The van der Waals surface area contributed by atoms with E-state index >= 15 is 0 Å². The van der Waals surface area contributed by atoms with Crippen LogP contribution in [0.4, 0.5) is 0 Å². The lowest BCUT2D eigenvalue weighted by Gasteiger charge is -2.34. The molecule has 1 heterocycles. The second kappa shape index (κ2) is 6.04. The van der Waals surface area contributed by atoms with Crippen LogP contribution >= 0.6 is 15.9 Å². The normalized spacial score (nSPS) is 23.0. The molecule has 0 radical (unpaired) electrons. The summed E-state index contributed by atoms with van der Waals surface area (Å²) in [7, 11) is -3.85. The van der Waals surface area contributed by atoms with Crippen molar-refractivity contribution in [3.63, 3.8) is 0 Å². The SMILES string of the molecule is CC1(NS(=O)(=O)c2cc(C(=O)O)ccc2Br)CCCOC1. The van der Waals surface area contributed by atoms with Gasteiger partial charge in [0.15, 0.2) is 0 Å². The van der Waals surface area contributed by atoms with Crippen molar-refractivity contribution >= 4 is 31.9 Å². The molecule has 0 amide bonds. The Kier molecular flexibility index (Phi) is 4.72. The van der Waals surface area contributed by atoms with Gasteiger partial charge in [-0.05, 0) is 53.9 Å². The first-order valence-electron chi connectivity index (χ1n) is 6.38. The largest absolute Gasteiger partial charge is 0.478 e. The highest BCUT2D eigenvalue weighted by Crippen LogP contribution is 2.27. The van der Waals surface area contributed by atoms with Gasteiger partial charge in [0.1, 0.15) is 0 Å².